The quantitative estimate of drug-likeness (QED) is 0.864. The smallest absolute Gasteiger partial charge is 0.131 e. The Hall–Kier alpha value is -1.10. The van der Waals surface area contributed by atoms with Crippen molar-refractivity contribution in [3.63, 3.8) is 0 Å². The summed E-state index contributed by atoms with van der Waals surface area (Å²) in [6, 6.07) is 10.2. The first-order valence-electron chi connectivity index (χ1n) is 6.16. The van der Waals surface area contributed by atoms with Crippen molar-refractivity contribution in [1.82, 2.24) is 0 Å². The molecule has 0 radical (unpaired) electrons. The fraction of sp³-hybridized carbons (Fsp3) is 0.200. The van der Waals surface area contributed by atoms with Crippen molar-refractivity contribution >= 4 is 27.5 Å². The van der Waals surface area contributed by atoms with Crippen LogP contribution in [0.2, 0.25) is 5.02 Å². The molecule has 0 atom stereocenters. The lowest BCUT2D eigenvalue weighted by molar-refractivity contribution is 0.299. The Balaban J connectivity index is 2.13. The van der Waals surface area contributed by atoms with Gasteiger partial charge >= 0.3 is 0 Å². The maximum absolute atomic E-state index is 13.6. The van der Waals surface area contributed by atoms with E-state index in [1.165, 1.54) is 6.07 Å². The van der Waals surface area contributed by atoms with Crippen LogP contribution in [0.25, 0.3) is 0 Å². The lowest BCUT2D eigenvalue weighted by atomic mass is 10.1. The second-order valence-electron chi connectivity index (χ2n) is 4.28. The monoisotopic (exact) mass is 357 g/mol. The number of ether oxygens (including phenoxy) is 1. The van der Waals surface area contributed by atoms with E-state index in [2.05, 4.69) is 15.9 Å². The molecule has 0 aliphatic carbocycles. The van der Waals surface area contributed by atoms with Crippen LogP contribution in [0.15, 0.2) is 40.9 Å². The van der Waals surface area contributed by atoms with Crippen LogP contribution in [0.4, 0.5) is 4.39 Å². The van der Waals surface area contributed by atoms with Gasteiger partial charge in [-0.1, -0.05) is 33.6 Å². The summed E-state index contributed by atoms with van der Waals surface area (Å²) in [5.41, 5.74) is 6.97. The van der Waals surface area contributed by atoms with Crippen LogP contribution in [0.3, 0.4) is 0 Å². The maximum Gasteiger partial charge on any atom is 0.131 e. The molecule has 2 N–H and O–H groups in total. The number of halogens is 3. The third-order valence-corrected chi connectivity index (χ3v) is 4.00. The van der Waals surface area contributed by atoms with Gasteiger partial charge in [-0.05, 0) is 48.9 Å². The molecule has 2 aromatic rings. The van der Waals surface area contributed by atoms with Gasteiger partial charge in [-0.3, -0.25) is 0 Å². The van der Waals surface area contributed by atoms with Gasteiger partial charge in [0.05, 0.1) is 5.02 Å². The van der Waals surface area contributed by atoms with Crippen molar-refractivity contribution in [1.29, 1.82) is 0 Å². The highest BCUT2D eigenvalue weighted by Crippen LogP contribution is 2.25. The van der Waals surface area contributed by atoms with E-state index in [0.717, 1.165) is 16.5 Å². The van der Waals surface area contributed by atoms with E-state index in [0.29, 0.717) is 22.9 Å². The van der Waals surface area contributed by atoms with Crippen LogP contribution in [-0.2, 0) is 13.0 Å². The van der Waals surface area contributed by atoms with Gasteiger partial charge in [0, 0.05) is 10.0 Å². The van der Waals surface area contributed by atoms with Crippen LogP contribution in [0.1, 0.15) is 11.1 Å². The van der Waals surface area contributed by atoms with Crippen LogP contribution in [0, 0.1) is 5.82 Å². The van der Waals surface area contributed by atoms with Crippen molar-refractivity contribution in [3.05, 3.63) is 62.8 Å². The summed E-state index contributed by atoms with van der Waals surface area (Å²) in [5, 5.41) is 0.365. The predicted octanol–water partition coefficient (Wildman–Crippen LogP) is 4.32. The molecule has 5 heteroatoms. The Morgan fingerprint density at radius 3 is 2.75 bits per heavy atom. The fourth-order valence-electron chi connectivity index (χ4n) is 1.81. The van der Waals surface area contributed by atoms with Crippen LogP contribution < -0.4 is 10.5 Å². The van der Waals surface area contributed by atoms with Gasteiger partial charge in [-0.2, -0.15) is 0 Å². The van der Waals surface area contributed by atoms with E-state index in [4.69, 9.17) is 22.1 Å². The van der Waals surface area contributed by atoms with Gasteiger partial charge < -0.3 is 10.5 Å². The molecule has 0 saturated carbocycles. The van der Waals surface area contributed by atoms with Crippen LogP contribution >= 0.6 is 27.5 Å². The Bertz CT molecular complexity index is 586. The zero-order chi connectivity index (χ0) is 14.5. The molecule has 0 spiro atoms. The second-order valence-corrected chi connectivity index (χ2v) is 5.54. The van der Waals surface area contributed by atoms with Crippen molar-refractivity contribution in [3.8, 4) is 5.75 Å². The molecule has 0 aliphatic rings. The minimum Gasteiger partial charge on any atom is -0.489 e. The highest BCUT2D eigenvalue weighted by Gasteiger charge is 2.08. The number of nitrogens with two attached hydrogens (primary N) is 1. The highest BCUT2D eigenvalue weighted by molar-refractivity contribution is 9.10. The lowest BCUT2D eigenvalue weighted by Gasteiger charge is -2.11. The number of rotatable bonds is 5. The molecule has 0 fully saturated rings. The first kappa shape index (κ1) is 15.3. The third kappa shape index (κ3) is 3.72. The van der Waals surface area contributed by atoms with Gasteiger partial charge in [0.15, 0.2) is 0 Å². The van der Waals surface area contributed by atoms with Crippen LogP contribution in [-0.4, -0.2) is 6.54 Å². The summed E-state index contributed by atoms with van der Waals surface area (Å²) < 4.78 is 20.2. The molecule has 2 nitrogen and oxygen atoms in total. The van der Waals surface area contributed by atoms with Gasteiger partial charge in [-0.25, -0.2) is 4.39 Å². The first-order valence-corrected chi connectivity index (χ1v) is 7.33. The Kier molecular flexibility index (Phi) is 5.40. The molecule has 0 unspecified atom stereocenters. The average molecular weight is 359 g/mol. The van der Waals surface area contributed by atoms with Gasteiger partial charge in [0.2, 0.25) is 0 Å². The average Bonchev–Trinajstić information content (AvgIpc) is 2.42. The van der Waals surface area contributed by atoms with E-state index in [1.807, 2.05) is 18.2 Å². The lowest BCUT2D eigenvalue weighted by Crippen LogP contribution is -2.04. The molecule has 2 rings (SSSR count). The summed E-state index contributed by atoms with van der Waals surface area (Å²) in [6.07, 6.45) is 0.748. The van der Waals surface area contributed by atoms with Gasteiger partial charge in [-0.15, -0.1) is 0 Å². The first-order chi connectivity index (χ1) is 9.61. The summed E-state index contributed by atoms with van der Waals surface area (Å²) in [5.74, 6) is 0.299. The number of hydrogen-bond acceptors (Lipinski definition) is 2. The Morgan fingerprint density at radius 2 is 2.05 bits per heavy atom. The number of hydrogen-bond donors (Lipinski definition) is 1. The highest BCUT2D eigenvalue weighted by atomic mass is 79.9. The van der Waals surface area contributed by atoms with Gasteiger partial charge in [0.1, 0.15) is 18.2 Å². The standard InChI is InChI=1S/C15H14BrClFNO/c16-13-5-4-11(8-10(13)6-7-19)20-9-12-14(17)2-1-3-15(12)18/h1-5,8H,6-7,9,19H2. The van der Waals surface area contributed by atoms with Crippen molar-refractivity contribution in [2.75, 3.05) is 6.54 Å². The second kappa shape index (κ2) is 7.07. The summed E-state index contributed by atoms with van der Waals surface area (Å²) in [4.78, 5) is 0. The SMILES string of the molecule is NCCc1cc(OCc2c(F)cccc2Cl)ccc1Br. The molecule has 0 saturated heterocycles. The molecule has 2 aromatic carbocycles. The zero-order valence-electron chi connectivity index (χ0n) is 10.7. The molecule has 106 valence electrons. The maximum atomic E-state index is 13.6. The zero-order valence-corrected chi connectivity index (χ0v) is 13.0. The van der Waals surface area contributed by atoms with Gasteiger partial charge in [0.25, 0.3) is 0 Å². The molecule has 0 aromatic heterocycles. The molecule has 20 heavy (non-hydrogen) atoms. The van der Waals surface area contributed by atoms with E-state index >= 15 is 0 Å². The molecule has 0 heterocycles. The molecule has 0 aliphatic heterocycles. The summed E-state index contributed by atoms with van der Waals surface area (Å²) in [7, 11) is 0. The molecular formula is C15H14BrClFNO. The van der Waals surface area contributed by atoms with Crippen molar-refractivity contribution in [2.45, 2.75) is 13.0 Å². The van der Waals surface area contributed by atoms with E-state index in [-0.39, 0.29) is 12.4 Å². The normalized spacial score (nSPS) is 10.6. The fourth-order valence-corrected chi connectivity index (χ4v) is 2.48. The van der Waals surface area contributed by atoms with Crippen LogP contribution in [0.5, 0.6) is 5.75 Å². The van der Waals surface area contributed by atoms with E-state index in [9.17, 15) is 4.39 Å². The molecule has 0 amide bonds. The summed E-state index contributed by atoms with van der Waals surface area (Å²) >= 11 is 9.42. The minimum atomic E-state index is -0.364. The largest absolute Gasteiger partial charge is 0.489 e. The Morgan fingerprint density at radius 1 is 1.25 bits per heavy atom. The Labute approximate surface area is 130 Å². The number of benzene rings is 2. The van der Waals surface area contributed by atoms with Crippen molar-refractivity contribution in [2.24, 2.45) is 5.73 Å². The minimum absolute atomic E-state index is 0.0925. The van der Waals surface area contributed by atoms with E-state index < -0.39 is 0 Å². The molecular weight excluding hydrogens is 345 g/mol. The van der Waals surface area contributed by atoms with E-state index in [1.54, 1.807) is 12.1 Å². The molecule has 0 bridgehead atoms. The topological polar surface area (TPSA) is 35.2 Å². The predicted molar refractivity (Wildman–Crippen MR) is 82.6 cm³/mol. The summed E-state index contributed by atoms with van der Waals surface area (Å²) in [6.45, 7) is 0.649. The van der Waals surface area contributed by atoms with Crippen molar-refractivity contribution < 1.29 is 9.13 Å². The third-order valence-electron chi connectivity index (χ3n) is 2.88.